The van der Waals surface area contributed by atoms with Crippen molar-refractivity contribution in [2.24, 2.45) is 0 Å². The second-order valence-electron chi connectivity index (χ2n) is 7.58. The first kappa shape index (κ1) is 26.5. The zero-order chi connectivity index (χ0) is 26.4. The maximum atomic E-state index is 13.6. The van der Waals surface area contributed by atoms with Crippen LogP contribution >= 0.6 is 15.6 Å². The molecule has 16 nitrogen and oxygen atoms in total. The van der Waals surface area contributed by atoms with E-state index in [-0.39, 0.29) is 16.7 Å². The van der Waals surface area contributed by atoms with E-state index in [0.29, 0.717) is 4.57 Å². The Labute approximate surface area is 198 Å². The summed E-state index contributed by atoms with van der Waals surface area (Å²) in [5.74, 6) is -0.604. The number of ether oxygens (including phenoxy) is 1. The molecule has 0 spiro atoms. The molecule has 0 radical (unpaired) electrons. The van der Waals surface area contributed by atoms with Gasteiger partial charge in [0.25, 0.3) is 5.56 Å². The normalized spacial score (nSPS) is 24.3. The van der Waals surface area contributed by atoms with Gasteiger partial charge in [-0.05, 0) is 18.2 Å². The third-order valence-corrected chi connectivity index (χ3v) is 7.28. The lowest BCUT2D eigenvalue weighted by atomic mass is 10.1. The van der Waals surface area contributed by atoms with E-state index in [1.165, 1.54) is 6.07 Å². The monoisotopic (exact) mass is 553 g/mol. The fourth-order valence-corrected chi connectivity index (χ4v) is 5.12. The molecule has 1 aliphatic heterocycles. The molecule has 0 bridgehead atoms. The second-order valence-corrected chi connectivity index (χ2v) is 10.4. The average molecular weight is 553 g/mol. The van der Waals surface area contributed by atoms with Crippen molar-refractivity contribution in [2.45, 2.75) is 31.1 Å². The molecule has 0 saturated carbocycles. The van der Waals surface area contributed by atoms with E-state index in [1.807, 2.05) is 0 Å². The summed E-state index contributed by atoms with van der Waals surface area (Å²) in [4.78, 5) is 52.0. The largest absolute Gasteiger partial charge is 0.481 e. The standard InChI is InChI=1S/C17H18FN3O13P2/c18-8-1-2-11-9(5-8)10(19-33-11)6-21-13(22)3-4-20(17(21)25)16-15(24)14(23)12(32-16)7-31-36(29,30)34-35(26,27)28/h1-5,12,14-16,23-24H,6-7H2,(H,29,30)(H2,26,27,28)/t12-,14+,15?,16-/m1/s1. The molecule has 1 aromatic carbocycles. The van der Waals surface area contributed by atoms with Crippen LogP contribution in [0.3, 0.4) is 0 Å². The van der Waals surface area contributed by atoms with Gasteiger partial charge in [-0.1, -0.05) is 5.16 Å². The molecule has 19 heteroatoms. The molecule has 3 aromatic rings. The number of fused-ring (bicyclic) bond motifs is 1. The second kappa shape index (κ2) is 9.72. The van der Waals surface area contributed by atoms with Gasteiger partial charge in [-0.3, -0.25) is 18.5 Å². The predicted molar refractivity (Wildman–Crippen MR) is 113 cm³/mol. The molecule has 2 aromatic heterocycles. The van der Waals surface area contributed by atoms with Crippen molar-refractivity contribution in [3.05, 3.63) is 62.8 Å². The Morgan fingerprint density at radius 3 is 2.53 bits per heavy atom. The van der Waals surface area contributed by atoms with E-state index in [9.17, 15) is 38.2 Å². The van der Waals surface area contributed by atoms with Crippen molar-refractivity contribution in [3.63, 3.8) is 0 Å². The van der Waals surface area contributed by atoms with Crippen molar-refractivity contribution in [1.29, 1.82) is 0 Å². The fourth-order valence-electron chi connectivity index (χ4n) is 3.52. The molecule has 196 valence electrons. The number of hydrogen-bond acceptors (Lipinski definition) is 11. The molecule has 5 atom stereocenters. The number of phosphoric ester groups is 1. The molecule has 0 aliphatic carbocycles. The smallest absolute Gasteiger partial charge is 0.387 e. The van der Waals surface area contributed by atoms with E-state index in [1.54, 1.807) is 0 Å². The van der Waals surface area contributed by atoms with Gasteiger partial charge in [0.15, 0.2) is 11.8 Å². The molecule has 1 fully saturated rings. The quantitative estimate of drug-likeness (QED) is 0.215. The highest BCUT2D eigenvalue weighted by Gasteiger charge is 2.46. The highest BCUT2D eigenvalue weighted by Crippen LogP contribution is 2.57. The van der Waals surface area contributed by atoms with Crippen molar-refractivity contribution in [3.8, 4) is 0 Å². The number of aromatic nitrogens is 3. The van der Waals surface area contributed by atoms with Crippen LogP contribution in [0, 0.1) is 5.82 Å². The van der Waals surface area contributed by atoms with Crippen molar-refractivity contribution < 1.29 is 56.5 Å². The SMILES string of the molecule is O=c1ccn([C@@H]2O[C@H](COP(=O)(O)OP(=O)(O)O)[C@H](O)C2O)c(=O)n1Cc1noc2ccc(F)cc12. The van der Waals surface area contributed by atoms with Crippen LogP contribution in [0.1, 0.15) is 11.9 Å². The van der Waals surface area contributed by atoms with Crippen LogP contribution in [-0.2, 0) is 29.2 Å². The zero-order valence-electron chi connectivity index (χ0n) is 17.7. The molecule has 1 saturated heterocycles. The Kier molecular flexibility index (Phi) is 7.15. The van der Waals surface area contributed by atoms with Gasteiger partial charge in [0.05, 0.1) is 13.2 Å². The van der Waals surface area contributed by atoms with Gasteiger partial charge >= 0.3 is 21.3 Å². The number of hydrogen-bond donors (Lipinski definition) is 5. The summed E-state index contributed by atoms with van der Waals surface area (Å²) in [7, 11) is -10.7. The summed E-state index contributed by atoms with van der Waals surface area (Å²) in [5, 5.41) is 24.6. The minimum atomic E-state index is -5.40. The molecule has 2 unspecified atom stereocenters. The summed E-state index contributed by atoms with van der Waals surface area (Å²) in [5.41, 5.74) is -1.54. The number of aliphatic hydroxyl groups excluding tert-OH is 2. The Morgan fingerprint density at radius 2 is 1.83 bits per heavy atom. The van der Waals surface area contributed by atoms with Crippen LogP contribution in [-0.4, -0.2) is 64.1 Å². The Balaban J connectivity index is 1.57. The van der Waals surface area contributed by atoms with Gasteiger partial charge in [0.1, 0.15) is 29.8 Å². The first-order valence-corrected chi connectivity index (χ1v) is 12.9. The summed E-state index contributed by atoms with van der Waals surface area (Å²) < 4.78 is 55.9. The maximum Gasteiger partial charge on any atom is 0.481 e. The van der Waals surface area contributed by atoms with Crippen LogP contribution in [0.25, 0.3) is 11.0 Å². The minimum absolute atomic E-state index is 0.0596. The zero-order valence-corrected chi connectivity index (χ0v) is 19.5. The molecule has 4 rings (SSSR count). The van der Waals surface area contributed by atoms with Gasteiger partial charge in [-0.15, -0.1) is 0 Å². The van der Waals surface area contributed by atoms with Gasteiger partial charge < -0.3 is 34.2 Å². The van der Waals surface area contributed by atoms with Gasteiger partial charge in [-0.2, -0.15) is 4.31 Å². The van der Waals surface area contributed by atoms with E-state index >= 15 is 0 Å². The molecule has 0 amide bonds. The lowest BCUT2D eigenvalue weighted by Gasteiger charge is -2.19. The lowest BCUT2D eigenvalue weighted by molar-refractivity contribution is -0.0547. The molecule has 1 aliphatic rings. The maximum absolute atomic E-state index is 13.6. The first-order valence-electron chi connectivity index (χ1n) is 9.87. The van der Waals surface area contributed by atoms with Crippen LogP contribution < -0.4 is 11.2 Å². The highest BCUT2D eigenvalue weighted by molar-refractivity contribution is 7.60. The highest BCUT2D eigenvalue weighted by atomic mass is 31.3. The van der Waals surface area contributed by atoms with Crippen LogP contribution in [0.15, 0.2) is 44.6 Å². The molecular weight excluding hydrogens is 535 g/mol. The van der Waals surface area contributed by atoms with Gasteiger partial charge in [0, 0.05) is 17.6 Å². The summed E-state index contributed by atoms with van der Waals surface area (Å²) in [6, 6.07) is 4.51. The summed E-state index contributed by atoms with van der Waals surface area (Å²) in [6.07, 6.45) is -5.79. The summed E-state index contributed by atoms with van der Waals surface area (Å²) in [6.45, 7) is -1.42. The molecule has 3 heterocycles. The van der Waals surface area contributed by atoms with Crippen molar-refractivity contribution >= 4 is 26.6 Å². The first-order chi connectivity index (χ1) is 16.8. The number of benzene rings is 1. The predicted octanol–water partition coefficient (Wildman–Crippen LogP) is -0.816. The topological polar surface area (TPSA) is 233 Å². The number of halogens is 1. The average Bonchev–Trinajstić information content (AvgIpc) is 3.29. The number of rotatable bonds is 8. The van der Waals surface area contributed by atoms with Crippen molar-refractivity contribution in [1.82, 2.24) is 14.3 Å². The number of nitrogens with zero attached hydrogens (tertiary/aromatic N) is 3. The van der Waals surface area contributed by atoms with E-state index in [0.717, 1.165) is 29.0 Å². The van der Waals surface area contributed by atoms with Crippen LogP contribution in [0.4, 0.5) is 4.39 Å². The lowest BCUT2D eigenvalue weighted by Crippen LogP contribution is -2.43. The van der Waals surface area contributed by atoms with E-state index in [2.05, 4.69) is 14.0 Å². The van der Waals surface area contributed by atoms with Crippen LogP contribution in [0.2, 0.25) is 0 Å². The number of aliphatic hydroxyl groups is 2. The van der Waals surface area contributed by atoms with Crippen LogP contribution in [0.5, 0.6) is 0 Å². The minimum Gasteiger partial charge on any atom is -0.387 e. The van der Waals surface area contributed by atoms with Crippen molar-refractivity contribution in [2.75, 3.05) is 6.61 Å². The third kappa shape index (κ3) is 5.55. The van der Waals surface area contributed by atoms with Gasteiger partial charge in [0.2, 0.25) is 0 Å². The third-order valence-electron chi connectivity index (χ3n) is 5.13. The van der Waals surface area contributed by atoms with E-state index in [4.69, 9.17) is 19.0 Å². The summed E-state index contributed by atoms with van der Waals surface area (Å²) >= 11 is 0. The molecular formula is C17H18FN3O13P2. The molecule has 36 heavy (non-hydrogen) atoms. The Bertz CT molecular complexity index is 1500. The van der Waals surface area contributed by atoms with E-state index < -0.39 is 70.4 Å². The fraction of sp³-hybridized carbons (Fsp3) is 0.353. The Morgan fingerprint density at radius 1 is 1.11 bits per heavy atom. The van der Waals surface area contributed by atoms with Gasteiger partial charge in [-0.25, -0.2) is 18.3 Å². The molecule has 5 N–H and O–H groups in total. The Hall–Kier alpha value is -2.56. The number of phosphoric acid groups is 2.